The Labute approximate surface area is 154 Å². The van der Waals surface area contributed by atoms with Crippen molar-refractivity contribution in [2.24, 2.45) is 0 Å². The molecule has 9 heteroatoms. The third-order valence-corrected chi connectivity index (χ3v) is 3.48. The van der Waals surface area contributed by atoms with Gasteiger partial charge in [-0.25, -0.2) is 0 Å². The standard InChI is InChI=1S/C13H22N4O3S.Bi/c1-14-13(9-17(18)19)15-6-7-21-10-12-5-4-11(20-12)8-16(2)3;/h4-5,9,14-15H,6-8,10H2,1-3H3;. The molecule has 2 N–H and O–H groups in total. The number of nitrogens with zero attached hydrogens (tertiary/aromatic N) is 2. The second kappa shape index (κ2) is 11.7. The van der Waals surface area contributed by atoms with Crippen LogP contribution >= 0.6 is 11.8 Å². The van der Waals surface area contributed by atoms with Crippen LogP contribution in [0, 0.1) is 10.1 Å². The minimum atomic E-state index is -0.485. The first-order valence-electron chi connectivity index (χ1n) is 6.58. The van der Waals surface area contributed by atoms with Crippen LogP contribution in [0.3, 0.4) is 0 Å². The van der Waals surface area contributed by atoms with Gasteiger partial charge in [-0.1, -0.05) is 0 Å². The van der Waals surface area contributed by atoms with E-state index in [4.69, 9.17) is 4.42 Å². The van der Waals surface area contributed by atoms with Crippen molar-refractivity contribution in [3.8, 4) is 0 Å². The topological polar surface area (TPSA) is 83.6 Å². The maximum atomic E-state index is 10.3. The Balaban J connectivity index is 0.00000441. The van der Waals surface area contributed by atoms with Crippen molar-refractivity contribution < 1.29 is 9.34 Å². The van der Waals surface area contributed by atoms with E-state index >= 15 is 0 Å². The molecule has 0 amide bonds. The van der Waals surface area contributed by atoms with E-state index in [9.17, 15) is 10.1 Å². The molecule has 0 saturated carbocycles. The fourth-order valence-electron chi connectivity index (χ4n) is 1.63. The van der Waals surface area contributed by atoms with Crippen LogP contribution in [0.25, 0.3) is 0 Å². The summed E-state index contributed by atoms with van der Waals surface area (Å²) in [5, 5.41) is 16.1. The maximum absolute atomic E-state index is 10.3. The second-order valence-corrected chi connectivity index (χ2v) is 5.77. The van der Waals surface area contributed by atoms with E-state index in [-0.39, 0.29) is 26.2 Å². The van der Waals surface area contributed by atoms with Crippen molar-refractivity contribution in [2.75, 3.05) is 33.4 Å². The van der Waals surface area contributed by atoms with Gasteiger partial charge in [0.15, 0.2) is 5.82 Å². The van der Waals surface area contributed by atoms with Gasteiger partial charge >= 0.3 is 0 Å². The van der Waals surface area contributed by atoms with Gasteiger partial charge in [-0.3, -0.25) is 10.1 Å². The van der Waals surface area contributed by atoms with Crippen LogP contribution in [0.2, 0.25) is 0 Å². The third-order valence-electron chi connectivity index (χ3n) is 2.50. The van der Waals surface area contributed by atoms with Crippen molar-refractivity contribution in [3.05, 3.63) is 45.8 Å². The van der Waals surface area contributed by atoms with Gasteiger partial charge in [0, 0.05) is 45.5 Å². The van der Waals surface area contributed by atoms with Crippen molar-refractivity contribution in [1.29, 1.82) is 0 Å². The van der Waals surface area contributed by atoms with Crippen LogP contribution in [0.5, 0.6) is 0 Å². The molecule has 0 bridgehead atoms. The van der Waals surface area contributed by atoms with Crippen LogP contribution in [-0.2, 0) is 12.3 Å². The molecule has 0 atom stereocenters. The summed E-state index contributed by atoms with van der Waals surface area (Å²) in [7, 11) is 5.64. The number of rotatable bonds is 10. The molecule has 0 aliphatic carbocycles. The Morgan fingerprint density at radius 1 is 1.45 bits per heavy atom. The average Bonchev–Trinajstić information content (AvgIpc) is 2.83. The summed E-state index contributed by atoms with van der Waals surface area (Å²) >= 11 is 1.72. The average molecular weight is 523 g/mol. The van der Waals surface area contributed by atoms with E-state index in [0.717, 1.165) is 35.8 Å². The van der Waals surface area contributed by atoms with Gasteiger partial charge in [0.1, 0.15) is 11.5 Å². The molecule has 1 aromatic heterocycles. The zero-order valence-electron chi connectivity index (χ0n) is 13.0. The first-order chi connectivity index (χ1) is 10.0. The van der Waals surface area contributed by atoms with Crippen LogP contribution in [0.15, 0.2) is 28.6 Å². The minimum absolute atomic E-state index is 0. The summed E-state index contributed by atoms with van der Waals surface area (Å²) in [5.74, 6) is 3.95. The van der Waals surface area contributed by atoms with E-state index in [1.807, 2.05) is 26.2 Å². The molecular weight excluding hydrogens is 501 g/mol. The van der Waals surface area contributed by atoms with Gasteiger partial charge in [0.05, 0.1) is 17.2 Å². The number of hydrogen-bond donors (Lipinski definition) is 2. The van der Waals surface area contributed by atoms with Crippen molar-refractivity contribution in [3.63, 3.8) is 0 Å². The molecule has 0 spiro atoms. The molecule has 1 aromatic rings. The number of thioether (sulfide) groups is 1. The molecular formula is C13H22BiN4O3S. The predicted molar refractivity (Wildman–Crippen MR) is 90.2 cm³/mol. The fraction of sp³-hybridized carbons (Fsp3) is 0.538. The SMILES string of the molecule is CNC(=C[N+](=O)[O-])NCCSCc1ccc(CN(C)C)o1.[Bi]. The first-order valence-corrected chi connectivity index (χ1v) is 7.73. The van der Waals surface area contributed by atoms with E-state index in [0.29, 0.717) is 12.4 Å². The zero-order valence-corrected chi connectivity index (χ0v) is 17.3. The Morgan fingerprint density at radius 2 is 2.14 bits per heavy atom. The van der Waals surface area contributed by atoms with E-state index in [1.165, 1.54) is 0 Å². The van der Waals surface area contributed by atoms with Crippen molar-refractivity contribution in [1.82, 2.24) is 15.5 Å². The van der Waals surface area contributed by atoms with Gasteiger partial charge in [-0.15, -0.1) is 0 Å². The number of nitrogens with one attached hydrogen (secondary N) is 2. The van der Waals surface area contributed by atoms with Gasteiger partial charge in [0.25, 0.3) is 6.20 Å². The Morgan fingerprint density at radius 3 is 2.73 bits per heavy atom. The number of nitro groups is 1. The summed E-state index contributed by atoms with van der Waals surface area (Å²) in [4.78, 5) is 11.9. The Hall–Kier alpha value is -0.787. The largest absolute Gasteiger partial charge is 0.464 e. The quantitative estimate of drug-likeness (QED) is 0.206. The molecule has 0 aliphatic rings. The van der Waals surface area contributed by atoms with Crippen LogP contribution < -0.4 is 10.6 Å². The Bertz CT molecular complexity index is 480. The van der Waals surface area contributed by atoms with E-state index in [1.54, 1.807) is 18.8 Å². The molecule has 22 heavy (non-hydrogen) atoms. The molecule has 0 unspecified atom stereocenters. The van der Waals surface area contributed by atoms with Gasteiger partial charge < -0.3 is 20.0 Å². The summed E-state index contributed by atoms with van der Waals surface area (Å²) in [5.41, 5.74) is 0. The summed E-state index contributed by atoms with van der Waals surface area (Å²) in [6.07, 6.45) is 0.921. The molecule has 123 valence electrons. The molecule has 0 aliphatic heterocycles. The summed E-state index contributed by atoms with van der Waals surface area (Å²) in [6.45, 7) is 1.44. The molecule has 1 rings (SSSR count). The smallest absolute Gasteiger partial charge is 0.274 e. The second-order valence-electron chi connectivity index (χ2n) is 4.66. The molecule has 0 saturated heterocycles. The monoisotopic (exact) mass is 523 g/mol. The van der Waals surface area contributed by atoms with Crippen molar-refractivity contribution >= 4 is 38.0 Å². The van der Waals surface area contributed by atoms with E-state index < -0.39 is 4.92 Å². The maximum Gasteiger partial charge on any atom is 0.274 e. The van der Waals surface area contributed by atoms with Gasteiger partial charge in [-0.05, 0) is 26.2 Å². The predicted octanol–water partition coefficient (Wildman–Crippen LogP) is 1.08. The fourth-order valence-corrected chi connectivity index (χ4v) is 2.38. The normalized spacial score (nSPS) is 11.2. The van der Waals surface area contributed by atoms with Crippen LogP contribution in [0.4, 0.5) is 0 Å². The van der Waals surface area contributed by atoms with Gasteiger partial charge in [-0.2, -0.15) is 11.8 Å². The minimum Gasteiger partial charge on any atom is -0.464 e. The van der Waals surface area contributed by atoms with Crippen LogP contribution in [-0.4, -0.2) is 69.5 Å². The number of hydrogen-bond acceptors (Lipinski definition) is 7. The zero-order chi connectivity index (χ0) is 15.7. The molecule has 7 nitrogen and oxygen atoms in total. The summed E-state index contributed by atoms with van der Waals surface area (Å²) < 4.78 is 5.70. The third kappa shape index (κ3) is 9.28. The van der Waals surface area contributed by atoms with E-state index in [2.05, 4.69) is 15.5 Å². The van der Waals surface area contributed by atoms with Gasteiger partial charge in [0.2, 0.25) is 0 Å². The molecule has 0 fully saturated rings. The first kappa shape index (κ1) is 21.2. The molecule has 0 aromatic carbocycles. The van der Waals surface area contributed by atoms with Crippen LogP contribution in [0.1, 0.15) is 11.5 Å². The molecule has 1 heterocycles. The summed E-state index contributed by atoms with van der Waals surface area (Å²) in [6, 6.07) is 3.98. The van der Waals surface area contributed by atoms with Crippen molar-refractivity contribution in [2.45, 2.75) is 12.3 Å². The Kier molecular flexibility index (Phi) is 11.3. The molecule has 3 radical (unpaired) electrons. The number of furan rings is 1.